The first kappa shape index (κ1) is 19.2. The van der Waals surface area contributed by atoms with Crippen molar-refractivity contribution in [1.29, 1.82) is 0 Å². The summed E-state index contributed by atoms with van der Waals surface area (Å²) >= 11 is 0. The zero-order valence-electron chi connectivity index (χ0n) is 15.3. The van der Waals surface area contributed by atoms with Crippen molar-refractivity contribution in [2.24, 2.45) is 7.05 Å². The van der Waals surface area contributed by atoms with Crippen LogP contribution in [0.25, 0.3) is 10.9 Å². The molecular weight excluding hydrogens is 368 g/mol. The van der Waals surface area contributed by atoms with E-state index in [4.69, 9.17) is 9.47 Å². The van der Waals surface area contributed by atoms with E-state index < -0.39 is 16.1 Å². The number of hydrogen-bond donors (Lipinski definition) is 2. The number of sulfonamides is 1. The number of aryl methyl sites for hydroxylation is 1. The molecule has 3 rings (SSSR count). The highest BCUT2D eigenvalue weighted by molar-refractivity contribution is 7.89. The van der Waals surface area contributed by atoms with Crippen LogP contribution < -0.4 is 14.2 Å². The third-order valence-corrected chi connectivity index (χ3v) is 5.85. The SMILES string of the molecule is COc1ccc(S(=O)(=O)NC[C@@H](O)c2ccc3c(ccn3C)c2)cc1OC. The molecule has 144 valence electrons. The lowest BCUT2D eigenvalue weighted by Crippen LogP contribution is -2.28. The Hall–Kier alpha value is -2.55. The van der Waals surface area contributed by atoms with E-state index in [0.29, 0.717) is 17.1 Å². The number of ether oxygens (including phenoxy) is 2. The van der Waals surface area contributed by atoms with Crippen LogP contribution in [0.3, 0.4) is 0 Å². The van der Waals surface area contributed by atoms with Gasteiger partial charge in [-0.25, -0.2) is 13.1 Å². The average Bonchev–Trinajstić information content (AvgIpc) is 3.05. The topological polar surface area (TPSA) is 89.8 Å². The lowest BCUT2D eigenvalue weighted by molar-refractivity contribution is 0.182. The Morgan fingerprint density at radius 3 is 2.52 bits per heavy atom. The lowest BCUT2D eigenvalue weighted by atomic mass is 10.1. The summed E-state index contributed by atoms with van der Waals surface area (Å²) in [7, 11) is 1.04. The summed E-state index contributed by atoms with van der Waals surface area (Å²) in [5.74, 6) is 0.753. The van der Waals surface area contributed by atoms with Crippen molar-refractivity contribution < 1.29 is 23.0 Å². The Morgan fingerprint density at radius 1 is 1.07 bits per heavy atom. The molecule has 2 aromatic carbocycles. The first-order valence-electron chi connectivity index (χ1n) is 8.30. The molecule has 7 nitrogen and oxygen atoms in total. The van der Waals surface area contributed by atoms with Crippen LogP contribution in [-0.2, 0) is 17.1 Å². The van der Waals surface area contributed by atoms with Gasteiger partial charge in [-0.1, -0.05) is 6.07 Å². The van der Waals surface area contributed by atoms with E-state index in [-0.39, 0.29) is 11.4 Å². The van der Waals surface area contributed by atoms with Gasteiger partial charge in [-0.3, -0.25) is 0 Å². The van der Waals surface area contributed by atoms with Crippen LogP contribution in [0.1, 0.15) is 11.7 Å². The van der Waals surface area contributed by atoms with Gasteiger partial charge >= 0.3 is 0 Å². The van der Waals surface area contributed by atoms with Crippen molar-refractivity contribution in [3.8, 4) is 11.5 Å². The standard InChI is InChI=1S/C19H22N2O5S/c1-21-9-8-13-10-14(4-6-16(13)21)17(22)12-20-27(23,24)15-5-7-18(25-2)19(11-15)26-3/h4-11,17,20,22H,12H2,1-3H3/t17-/m1/s1. The molecule has 0 spiro atoms. The Bertz CT molecular complexity index is 1060. The van der Waals surface area contributed by atoms with Gasteiger partial charge in [-0.05, 0) is 41.3 Å². The largest absolute Gasteiger partial charge is 0.493 e. The smallest absolute Gasteiger partial charge is 0.240 e. The van der Waals surface area contributed by atoms with Crippen LogP contribution in [0.5, 0.6) is 11.5 Å². The zero-order chi connectivity index (χ0) is 19.6. The lowest BCUT2D eigenvalue weighted by Gasteiger charge is -2.14. The van der Waals surface area contributed by atoms with Gasteiger partial charge in [0.1, 0.15) is 0 Å². The van der Waals surface area contributed by atoms with Crippen molar-refractivity contribution in [2.75, 3.05) is 20.8 Å². The van der Waals surface area contributed by atoms with Gasteiger partial charge in [0.25, 0.3) is 0 Å². The van der Waals surface area contributed by atoms with Gasteiger partial charge in [-0.15, -0.1) is 0 Å². The number of rotatable bonds is 7. The maximum absolute atomic E-state index is 12.5. The molecule has 1 aromatic heterocycles. The van der Waals surface area contributed by atoms with E-state index in [2.05, 4.69) is 4.72 Å². The highest BCUT2D eigenvalue weighted by Crippen LogP contribution is 2.29. The van der Waals surface area contributed by atoms with Crippen molar-refractivity contribution in [2.45, 2.75) is 11.0 Å². The molecule has 0 bridgehead atoms. The fourth-order valence-electron chi connectivity index (χ4n) is 2.88. The molecule has 3 aromatic rings. The highest BCUT2D eigenvalue weighted by Gasteiger charge is 2.19. The summed E-state index contributed by atoms with van der Waals surface area (Å²) in [4.78, 5) is 0.0332. The zero-order valence-corrected chi connectivity index (χ0v) is 16.2. The molecule has 0 amide bonds. The molecule has 2 N–H and O–H groups in total. The van der Waals surface area contributed by atoms with E-state index in [1.54, 1.807) is 6.07 Å². The fraction of sp³-hybridized carbons (Fsp3) is 0.263. The summed E-state index contributed by atoms with van der Waals surface area (Å²) in [6.45, 7) is -0.144. The fourth-order valence-corrected chi connectivity index (χ4v) is 3.93. The van der Waals surface area contributed by atoms with Crippen LogP contribution in [0, 0.1) is 0 Å². The quantitative estimate of drug-likeness (QED) is 0.646. The summed E-state index contributed by atoms with van der Waals surface area (Å²) in [5, 5.41) is 11.4. The van der Waals surface area contributed by atoms with E-state index in [1.807, 2.05) is 36.0 Å². The number of hydrogen-bond acceptors (Lipinski definition) is 5. The second-order valence-electron chi connectivity index (χ2n) is 6.13. The molecule has 0 aliphatic heterocycles. The molecule has 27 heavy (non-hydrogen) atoms. The number of aromatic nitrogens is 1. The molecule has 1 heterocycles. The van der Waals surface area contributed by atoms with Gasteiger partial charge < -0.3 is 19.1 Å². The van der Waals surface area contributed by atoms with Crippen LogP contribution in [0.15, 0.2) is 53.6 Å². The molecule has 0 aliphatic rings. The number of nitrogens with one attached hydrogen (secondary N) is 1. The van der Waals surface area contributed by atoms with Crippen LogP contribution in [0.4, 0.5) is 0 Å². The predicted molar refractivity (Wildman–Crippen MR) is 103 cm³/mol. The minimum Gasteiger partial charge on any atom is -0.493 e. The predicted octanol–water partition coefficient (Wildman–Crippen LogP) is 2.21. The Balaban J connectivity index is 1.75. The number of aliphatic hydroxyl groups is 1. The van der Waals surface area contributed by atoms with Gasteiger partial charge in [0.05, 0.1) is 25.2 Å². The summed E-state index contributed by atoms with van der Waals surface area (Å²) in [5.41, 5.74) is 1.68. The summed E-state index contributed by atoms with van der Waals surface area (Å²) in [6.07, 6.45) is 0.963. The van der Waals surface area contributed by atoms with Crippen LogP contribution in [-0.4, -0.2) is 38.9 Å². The molecule has 0 saturated carbocycles. The summed E-state index contributed by atoms with van der Waals surface area (Å²) in [6, 6.07) is 11.8. The normalized spacial score (nSPS) is 12.9. The van der Waals surface area contributed by atoms with Crippen LogP contribution in [0.2, 0.25) is 0 Å². The second kappa shape index (κ2) is 7.59. The van der Waals surface area contributed by atoms with Crippen molar-refractivity contribution in [1.82, 2.24) is 9.29 Å². The molecule has 0 radical (unpaired) electrons. The number of methoxy groups -OCH3 is 2. The maximum atomic E-state index is 12.5. The molecular formula is C19H22N2O5S. The first-order chi connectivity index (χ1) is 12.9. The Labute approximate surface area is 158 Å². The van der Waals surface area contributed by atoms with E-state index in [9.17, 15) is 13.5 Å². The highest BCUT2D eigenvalue weighted by atomic mass is 32.2. The number of fused-ring (bicyclic) bond motifs is 1. The molecule has 8 heteroatoms. The summed E-state index contributed by atoms with van der Waals surface area (Å²) < 4.78 is 39.7. The van der Waals surface area contributed by atoms with Gasteiger partial charge in [0, 0.05) is 31.4 Å². The van der Waals surface area contributed by atoms with Crippen LogP contribution >= 0.6 is 0 Å². The van der Waals surface area contributed by atoms with Gasteiger partial charge in [-0.2, -0.15) is 0 Å². The third kappa shape index (κ3) is 3.92. The molecule has 0 aliphatic carbocycles. The van der Waals surface area contributed by atoms with Gasteiger partial charge in [0.2, 0.25) is 10.0 Å². The van der Waals surface area contributed by atoms with E-state index in [1.165, 1.54) is 32.4 Å². The average molecular weight is 390 g/mol. The minimum absolute atomic E-state index is 0.0332. The molecule has 0 unspecified atom stereocenters. The van der Waals surface area contributed by atoms with Crippen molar-refractivity contribution in [3.05, 3.63) is 54.2 Å². The molecule has 0 fully saturated rings. The monoisotopic (exact) mass is 390 g/mol. The Kier molecular flexibility index (Phi) is 5.41. The van der Waals surface area contributed by atoms with Crippen molar-refractivity contribution >= 4 is 20.9 Å². The van der Waals surface area contributed by atoms with Gasteiger partial charge in [0.15, 0.2) is 11.5 Å². The first-order valence-corrected chi connectivity index (χ1v) is 9.79. The molecule has 0 saturated heterocycles. The number of nitrogens with zero attached hydrogens (tertiary/aromatic N) is 1. The Morgan fingerprint density at radius 2 is 1.81 bits per heavy atom. The van der Waals surface area contributed by atoms with Crippen molar-refractivity contribution in [3.63, 3.8) is 0 Å². The third-order valence-electron chi connectivity index (χ3n) is 4.43. The molecule has 1 atom stereocenters. The van der Waals surface area contributed by atoms with E-state index in [0.717, 1.165) is 10.9 Å². The number of aliphatic hydroxyl groups excluding tert-OH is 1. The number of benzene rings is 2. The maximum Gasteiger partial charge on any atom is 0.240 e. The second-order valence-corrected chi connectivity index (χ2v) is 7.90. The minimum atomic E-state index is -3.81. The van der Waals surface area contributed by atoms with E-state index >= 15 is 0 Å².